The van der Waals surface area contributed by atoms with Gasteiger partial charge >= 0.3 is 6.03 Å². The summed E-state index contributed by atoms with van der Waals surface area (Å²) in [4.78, 5) is 28.9. The average Bonchev–Trinajstić information content (AvgIpc) is 3.23. The van der Waals surface area contributed by atoms with Crippen molar-refractivity contribution >= 4 is 11.9 Å². The first-order valence-electron chi connectivity index (χ1n) is 8.61. The molecule has 2 aliphatic heterocycles. The Morgan fingerprint density at radius 3 is 2.12 bits per heavy atom. The van der Waals surface area contributed by atoms with Crippen molar-refractivity contribution in [3.8, 4) is 17.2 Å². The lowest BCUT2D eigenvalue weighted by Gasteiger charge is -2.25. The Hall–Kier alpha value is -2.48. The Morgan fingerprint density at radius 1 is 1.04 bits per heavy atom. The Bertz CT molecular complexity index is 692. The molecule has 0 unspecified atom stereocenters. The zero-order valence-electron chi connectivity index (χ0n) is 15.6. The Labute approximate surface area is 153 Å². The summed E-state index contributed by atoms with van der Waals surface area (Å²) in [6.45, 7) is 3.80. The van der Waals surface area contributed by atoms with Gasteiger partial charge in [0.15, 0.2) is 11.5 Å². The Morgan fingerprint density at radius 2 is 1.62 bits per heavy atom. The number of rotatable bonds is 6. The van der Waals surface area contributed by atoms with Crippen molar-refractivity contribution in [2.24, 2.45) is 0 Å². The summed E-state index contributed by atoms with van der Waals surface area (Å²) < 4.78 is 16.1. The number of urea groups is 1. The third-order valence-corrected chi connectivity index (χ3v) is 5.06. The maximum Gasteiger partial charge on any atom is 0.326 e. The van der Waals surface area contributed by atoms with Crippen molar-refractivity contribution < 1.29 is 23.8 Å². The van der Waals surface area contributed by atoms with E-state index in [4.69, 9.17) is 14.2 Å². The van der Waals surface area contributed by atoms with Gasteiger partial charge in [0.1, 0.15) is 5.54 Å². The molecule has 0 spiro atoms. The number of amides is 3. The highest BCUT2D eigenvalue weighted by molar-refractivity contribution is 6.07. The predicted octanol–water partition coefficient (Wildman–Crippen LogP) is 1.53. The van der Waals surface area contributed by atoms with Crippen molar-refractivity contribution in [1.29, 1.82) is 0 Å². The second-order valence-electron chi connectivity index (χ2n) is 6.67. The quantitative estimate of drug-likeness (QED) is 0.772. The fourth-order valence-electron chi connectivity index (χ4n) is 3.51. The average molecular weight is 363 g/mol. The van der Waals surface area contributed by atoms with Crippen LogP contribution in [-0.2, 0) is 10.3 Å². The number of nitrogens with one attached hydrogen (secondary N) is 1. The molecular formula is C18H25N3O5. The lowest BCUT2D eigenvalue weighted by Crippen LogP contribution is -2.43. The minimum Gasteiger partial charge on any atom is -0.493 e. The first kappa shape index (κ1) is 18.3. The van der Waals surface area contributed by atoms with Crippen LogP contribution in [-0.4, -0.2) is 62.8 Å². The van der Waals surface area contributed by atoms with Gasteiger partial charge in [0.05, 0.1) is 28.0 Å². The molecule has 2 heterocycles. The van der Waals surface area contributed by atoms with Crippen molar-refractivity contribution in [1.82, 2.24) is 15.1 Å². The van der Waals surface area contributed by atoms with Gasteiger partial charge in [-0.3, -0.25) is 9.69 Å². The topological polar surface area (TPSA) is 80.3 Å². The molecule has 2 saturated heterocycles. The highest BCUT2D eigenvalue weighted by Crippen LogP contribution is 2.42. The van der Waals surface area contributed by atoms with Crippen LogP contribution >= 0.6 is 0 Å². The highest BCUT2D eigenvalue weighted by Gasteiger charge is 2.50. The molecule has 1 aromatic carbocycles. The molecule has 0 saturated carbocycles. The molecule has 0 radical (unpaired) electrons. The standard InChI is InChI=1S/C18H25N3O5/c1-18(12-9-13(24-2)15(26-4)14(10-12)25-3)16(22)21(17(23)19-18)11-20-7-5-6-8-20/h9-10H,5-8,11H2,1-4H3,(H,19,23)/t18-/m0/s1. The number of hydrogen-bond donors (Lipinski definition) is 1. The second kappa shape index (κ2) is 7.03. The Kier molecular flexibility index (Phi) is 4.95. The van der Waals surface area contributed by atoms with Gasteiger partial charge < -0.3 is 19.5 Å². The number of carbonyl (C=O) groups is 2. The lowest BCUT2D eigenvalue weighted by molar-refractivity contribution is -0.132. The van der Waals surface area contributed by atoms with Crippen molar-refractivity contribution in [3.05, 3.63) is 17.7 Å². The number of likely N-dealkylation sites (tertiary alicyclic amines) is 1. The van der Waals surface area contributed by atoms with Crippen molar-refractivity contribution in [2.45, 2.75) is 25.3 Å². The maximum absolute atomic E-state index is 13.1. The van der Waals surface area contributed by atoms with Gasteiger partial charge in [-0.1, -0.05) is 0 Å². The molecular weight excluding hydrogens is 338 g/mol. The summed E-state index contributed by atoms with van der Waals surface area (Å²) in [5, 5.41) is 2.82. The van der Waals surface area contributed by atoms with E-state index < -0.39 is 11.6 Å². The number of benzene rings is 1. The van der Waals surface area contributed by atoms with E-state index in [9.17, 15) is 9.59 Å². The van der Waals surface area contributed by atoms with Crippen LogP contribution in [0.2, 0.25) is 0 Å². The van der Waals surface area contributed by atoms with Crippen LogP contribution < -0.4 is 19.5 Å². The third kappa shape index (κ3) is 2.94. The van der Waals surface area contributed by atoms with E-state index in [0.29, 0.717) is 29.5 Å². The molecule has 8 nitrogen and oxygen atoms in total. The normalized spacial score (nSPS) is 23.3. The molecule has 8 heteroatoms. The van der Waals surface area contributed by atoms with E-state index in [2.05, 4.69) is 10.2 Å². The molecule has 1 N–H and O–H groups in total. The molecule has 2 fully saturated rings. The van der Waals surface area contributed by atoms with E-state index in [-0.39, 0.29) is 5.91 Å². The summed E-state index contributed by atoms with van der Waals surface area (Å²) >= 11 is 0. The van der Waals surface area contributed by atoms with E-state index in [1.807, 2.05) is 0 Å². The molecule has 142 valence electrons. The van der Waals surface area contributed by atoms with Crippen LogP contribution in [0.5, 0.6) is 17.2 Å². The van der Waals surface area contributed by atoms with Crippen LogP contribution in [0.25, 0.3) is 0 Å². The first-order chi connectivity index (χ1) is 12.4. The first-order valence-corrected chi connectivity index (χ1v) is 8.61. The van der Waals surface area contributed by atoms with Crippen molar-refractivity contribution in [3.63, 3.8) is 0 Å². The van der Waals surface area contributed by atoms with E-state index in [1.54, 1.807) is 19.1 Å². The molecule has 3 amide bonds. The fourth-order valence-corrected chi connectivity index (χ4v) is 3.51. The SMILES string of the molecule is COc1cc([C@]2(C)NC(=O)N(CN3CCCC3)C2=O)cc(OC)c1OC. The minimum absolute atomic E-state index is 0.288. The van der Waals surface area contributed by atoms with Crippen LogP contribution in [0.15, 0.2) is 12.1 Å². The zero-order valence-corrected chi connectivity index (χ0v) is 15.6. The number of imide groups is 1. The van der Waals surface area contributed by atoms with Crippen LogP contribution in [0.1, 0.15) is 25.3 Å². The van der Waals surface area contributed by atoms with Gasteiger partial charge in [-0.05, 0) is 50.6 Å². The van der Waals surface area contributed by atoms with Gasteiger partial charge in [-0.25, -0.2) is 9.69 Å². The molecule has 0 aromatic heterocycles. The van der Waals surface area contributed by atoms with E-state index >= 15 is 0 Å². The van der Waals surface area contributed by atoms with Crippen LogP contribution in [0, 0.1) is 0 Å². The smallest absolute Gasteiger partial charge is 0.326 e. The molecule has 1 atom stereocenters. The van der Waals surface area contributed by atoms with Gasteiger partial charge in [0.25, 0.3) is 5.91 Å². The fraction of sp³-hybridized carbons (Fsp3) is 0.556. The number of hydrogen-bond acceptors (Lipinski definition) is 6. The van der Waals surface area contributed by atoms with Gasteiger partial charge in [-0.15, -0.1) is 0 Å². The summed E-state index contributed by atoms with van der Waals surface area (Å²) in [5.74, 6) is 1.02. The van der Waals surface area contributed by atoms with Gasteiger partial charge in [0.2, 0.25) is 5.75 Å². The largest absolute Gasteiger partial charge is 0.493 e. The van der Waals surface area contributed by atoms with E-state index in [1.165, 1.54) is 26.2 Å². The molecule has 1 aromatic rings. The summed E-state index contributed by atoms with van der Waals surface area (Å²) in [5.41, 5.74) is -0.613. The predicted molar refractivity (Wildman–Crippen MR) is 94.5 cm³/mol. The van der Waals surface area contributed by atoms with Crippen LogP contribution in [0.4, 0.5) is 4.79 Å². The van der Waals surface area contributed by atoms with Gasteiger partial charge in [-0.2, -0.15) is 0 Å². The van der Waals surface area contributed by atoms with Gasteiger partial charge in [0, 0.05) is 0 Å². The molecule has 2 aliphatic rings. The number of nitrogens with zero attached hydrogens (tertiary/aromatic N) is 2. The number of carbonyl (C=O) groups excluding carboxylic acids is 2. The minimum atomic E-state index is -1.19. The van der Waals surface area contributed by atoms with Crippen LogP contribution in [0.3, 0.4) is 0 Å². The van der Waals surface area contributed by atoms with E-state index in [0.717, 1.165) is 25.9 Å². The third-order valence-electron chi connectivity index (χ3n) is 5.06. The molecule has 0 aliphatic carbocycles. The van der Waals surface area contributed by atoms with Crippen molar-refractivity contribution in [2.75, 3.05) is 41.1 Å². The summed E-state index contributed by atoms with van der Waals surface area (Å²) in [7, 11) is 4.54. The number of methoxy groups -OCH3 is 3. The summed E-state index contributed by atoms with van der Waals surface area (Å²) in [6, 6.07) is 3.00. The molecule has 26 heavy (non-hydrogen) atoms. The zero-order chi connectivity index (χ0) is 18.9. The monoisotopic (exact) mass is 363 g/mol. The molecule has 3 rings (SSSR count). The second-order valence-corrected chi connectivity index (χ2v) is 6.67. The highest BCUT2D eigenvalue weighted by atomic mass is 16.5. The summed E-state index contributed by atoms with van der Waals surface area (Å²) in [6.07, 6.45) is 2.18. The Balaban J connectivity index is 1.95. The lowest BCUT2D eigenvalue weighted by atomic mass is 9.91. The number of ether oxygens (including phenoxy) is 3. The molecule has 0 bridgehead atoms. The maximum atomic E-state index is 13.1.